The molecule has 0 amide bonds. The van der Waals surface area contributed by atoms with Crippen LogP contribution in [0.25, 0.3) is 10.9 Å². The second-order valence-electron chi connectivity index (χ2n) is 7.21. The number of aromatic nitrogens is 1. The van der Waals surface area contributed by atoms with Crippen LogP contribution >= 0.6 is 0 Å². The van der Waals surface area contributed by atoms with E-state index in [1.807, 2.05) is 0 Å². The molecular weight excluding hydrogens is 230 g/mol. The lowest BCUT2D eigenvalue weighted by Crippen LogP contribution is -2.11. The molecular formula is C18H27N. The quantitative estimate of drug-likeness (QED) is 0.655. The summed E-state index contributed by atoms with van der Waals surface area (Å²) in [5, 5.41) is 1.37. The Hall–Kier alpha value is -1.24. The van der Waals surface area contributed by atoms with Crippen molar-refractivity contribution in [1.82, 2.24) is 4.57 Å². The molecule has 19 heavy (non-hydrogen) atoms. The number of benzene rings is 1. The van der Waals surface area contributed by atoms with Crippen LogP contribution in [-0.2, 0) is 5.41 Å². The van der Waals surface area contributed by atoms with Gasteiger partial charge in [-0.1, -0.05) is 46.8 Å². The summed E-state index contributed by atoms with van der Waals surface area (Å²) in [6.45, 7) is 15.9. The van der Waals surface area contributed by atoms with E-state index in [4.69, 9.17) is 0 Å². The third kappa shape index (κ3) is 2.56. The van der Waals surface area contributed by atoms with Crippen molar-refractivity contribution in [3.05, 3.63) is 35.5 Å². The van der Waals surface area contributed by atoms with Gasteiger partial charge in [-0.2, -0.15) is 0 Å². The topological polar surface area (TPSA) is 4.93 Å². The van der Waals surface area contributed by atoms with Crippen LogP contribution in [0.15, 0.2) is 24.3 Å². The molecule has 0 aliphatic carbocycles. The summed E-state index contributed by atoms with van der Waals surface area (Å²) < 4.78 is 2.50. The van der Waals surface area contributed by atoms with Gasteiger partial charge in [0.25, 0.3) is 0 Å². The monoisotopic (exact) mass is 257 g/mol. The Morgan fingerprint density at radius 1 is 0.947 bits per heavy atom. The van der Waals surface area contributed by atoms with E-state index >= 15 is 0 Å². The predicted molar refractivity (Wildman–Crippen MR) is 85.1 cm³/mol. The van der Waals surface area contributed by atoms with Crippen molar-refractivity contribution in [3.63, 3.8) is 0 Å². The van der Waals surface area contributed by atoms with Crippen LogP contribution in [0.5, 0.6) is 0 Å². The lowest BCUT2D eigenvalue weighted by Gasteiger charge is -2.21. The average Bonchev–Trinajstić information content (AvgIpc) is 2.65. The van der Waals surface area contributed by atoms with Gasteiger partial charge in [0.05, 0.1) is 0 Å². The molecule has 0 aliphatic rings. The lowest BCUT2D eigenvalue weighted by molar-refractivity contribution is 0.572. The van der Waals surface area contributed by atoms with Gasteiger partial charge in [-0.25, -0.2) is 0 Å². The Morgan fingerprint density at radius 3 is 2.05 bits per heavy atom. The molecule has 0 bridgehead atoms. The zero-order valence-corrected chi connectivity index (χ0v) is 13.4. The first-order valence-electron chi connectivity index (χ1n) is 7.37. The van der Waals surface area contributed by atoms with Gasteiger partial charge < -0.3 is 4.57 Å². The Morgan fingerprint density at radius 2 is 1.58 bits per heavy atom. The van der Waals surface area contributed by atoms with Crippen LogP contribution < -0.4 is 0 Å². The molecule has 0 spiro atoms. The highest BCUT2D eigenvalue weighted by molar-refractivity contribution is 5.82. The van der Waals surface area contributed by atoms with E-state index in [0.717, 1.165) is 0 Å². The molecule has 0 atom stereocenters. The highest BCUT2D eigenvalue weighted by Gasteiger charge is 2.18. The van der Waals surface area contributed by atoms with Gasteiger partial charge >= 0.3 is 0 Å². The molecule has 0 aliphatic heterocycles. The SMILES string of the molecule is CC(C)c1cc2ccc(C(C)(C)C)cc2n1C(C)C. The highest BCUT2D eigenvalue weighted by atomic mass is 15.0. The van der Waals surface area contributed by atoms with Crippen molar-refractivity contribution < 1.29 is 0 Å². The van der Waals surface area contributed by atoms with Crippen LogP contribution in [0, 0.1) is 0 Å². The number of hydrogen-bond donors (Lipinski definition) is 0. The lowest BCUT2D eigenvalue weighted by atomic mass is 9.87. The van der Waals surface area contributed by atoms with Crippen molar-refractivity contribution in [1.29, 1.82) is 0 Å². The summed E-state index contributed by atoms with van der Waals surface area (Å²) in [6, 6.07) is 9.79. The minimum Gasteiger partial charge on any atom is -0.342 e. The molecule has 0 fully saturated rings. The molecule has 104 valence electrons. The first-order chi connectivity index (χ1) is 8.71. The predicted octanol–water partition coefficient (Wildman–Crippen LogP) is 5.64. The van der Waals surface area contributed by atoms with Gasteiger partial charge in [-0.05, 0) is 48.3 Å². The van der Waals surface area contributed by atoms with E-state index in [2.05, 4.69) is 77.3 Å². The minimum absolute atomic E-state index is 0.207. The second-order valence-corrected chi connectivity index (χ2v) is 7.21. The van der Waals surface area contributed by atoms with E-state index < -0.39 is 0 Å². The van der Waals surface area contributed by atoms with E-state index in [0.29, 0.717) is 12.0 Å². The molecule has 0 unspecified atom stereocenters. The van der Waals surface area contributed by atoms with Gasteiger partial charge in [0.1, 0.15) is 0 Å². The number of rotatable bonds is 2. The number of nitrogens with zero attached hydrogens (tertiary/aromatic N) is 1. The van der Waals surface area contributed by atoms with Crippen molar-refractivity contribution in [2.75, 3.05) is 0 Å². The molecule has 2 rings (SSSR count). The van der Waals surface area contributed by atoms with Crippen LogP contribution in [0.4, 0.5) is 0 Å². The number of hydrogen-bond acceptors (Lipinski definition) is 0. The van der Waals surface area contributed by atoms with Crippen molar-refractivity contribution in [2.24, 2.45) is 0 Å². The molecule has 2 aromatic rings. The van der Waals surface area contributed by atoms with Crippen LogP contribution in [0.3, 0.4) is 0 Å². The summed E-state index contributed by atoms with van der Waals surface area (Å²) in [7, 11) is 0. The summed E-state index contributed by atoms with van der Waals surface area (Å²) in [5.41, 5.74) is 4.44. The molecule has 1 heteroatoms. The van der Waals surface area contributed by atoms with E-state index in [1.165, 1.54) is 22.2 Å². The van der Waals surface area contributed by atoms with Gasteiger partial charge in [-0.15, -0.1) is 0 Å². The van der Waals surface area contributed by atoms with Crippen LogP contribution in [0.2, 0.25) is 0 Å². The van der Waals surface area contributed by atoms with Crippen LogP contribution in [0.1, 0.15) is 71.7 Å². The zero-order valence-electron chi connectivity index (χ0n) is 13.4. The molecule has 1 nitrogen and oxygen atoms in total. The van der Waals surface area contributed by atoms with Gasteiger partial charge in [-0.3, -0.25) is 0 Å². The minimum atomic E-state index is 0.207. The fourth-order valence-corrected chi connectivity index (χ4v) is 2.73. The van der Waals surface area contributed by atoms with Gasteiger partial charge in [0, 0.05) is 17.3 Å². The fraction of sp³-hybridized carbons (Fsp3) is 0.556. The molecule has 1 heterocycles. The fourth-order valence-electron chi connectivity index (χ4n) is 2.73. The third-order valence-corrected chi connectivity index (χ3v) is 3.85. The van der Waals surface area contributed by atoms with Crippen molar-refractivity contribution in [2.45, 2.75) is 65.8 Å². The normalized spacial score (nSPS) is 12.9. The van der Waals surface area contributed by atoms with E-state index in [-0.39, 0.29) is 5.41 Å². The molecule has 0 radical (unpaired) electrons. The maximum absolute atomic E-state index is 2.50. The van der Waals surface area contributed by atoms with E-state index in [1.54, 1.807) is 0 Å². The van der Waals surface area contributed by atoms with E-state index in [9.17, 15) is 0 Å². The Kier molecular flexibility index (Phi) is 3.51. The third-order valence-electron chi connectivity index (χ3n) is 3.85. The Labute approximate surface area is 117 Å². The van der Waals surface area contributed by atoms with Gasteiger partial charge in [0.2, 0.25) is 0 Å². The standard InChI is InChI=1S/C18H27N/c1-12(2)16-10-14-8-9-15(18(5,6)7)11-17(14)19(16)13(3)4/h8-13H,1-7H3. The summed E-state index contributed by atoms with van der Waals surface area (Å²) in [4.78, 5) is 0. The van der Waals surface area contributed by atoms with Gasteiger partial charge in [0.15, 0.2) is 0 Å². The molecule has 1 aromatic heterocycles. The number of fused-ring (bicyclic) bond motifs is 1. The van der Waals surface area contributed by atoms with Crippen molar-refractivity contribution in [3.8, 4) is 0 Å². The second kappa shape index (κ2) is 4.70. The summed E-state index contributed by atoms with van der Waals surface area (Å²) >= 11 is 0. The first-order valence-corrected chi connectivity index (χ1v) is 7.37. The molecule has 1 aromatic carbocycles. The zero-order chi connectivity index (χ0) is 14.4. The average molecular weight is 257 g/mol. The molecule has 0 N–H and O–H groups in total. The summed E-state index contributed by atoms with van der Waals surface area (Å²) in [5.74, 6) is 0.563. The Bertz CT molecular complexity index is 579. The highest BCUT2D eigenvalue weighted by Crippen LogP contribution is 2.32. The molecule has 0 saturated heterocycles. The van der Waals surface area contributed by atoms with Crippen LogP contribution in [-0.4, -0.2) is 4.57 Å². The Balaban J connectivity index is 2.73. The molecule has 0 saturated carbocycles. The maximum atomic E-state index is 2.50. The largest absolute Gasteiger partial charge is 0.342 e. The maximum Gasteiger partial charge on any atom is 0.0487 e. The first kappa shape index (κ1) is 14.2. The van der Waals surface area contributed by atoms with Crippen molar-refractivity contribution >= 4 is 10.9 Å². The summed E-state index contributed by atoms with van der Waals surface area (Å²) in [6.07, 6.45) is 0. The smallest absolute Gasteiger partial charge is 0.0487 e.